The maximum absolute atomic E-state index is 5.57. The molecule has 2 nitrogen and oxygen atoms in total. The maximum atomic E-state index is 5.57. The van der Waals surface area contributed by atoms with Crippen LogP contribution in [0, 0.1) is 0 Å². The molecule has 0 aliphatic carbocycles. The van der Waals surface area contributed by atoms with Crippen molar-refractivity contribution < 1.29 is 0 Å². The van der Waals surface area contributed by atoms with E-state index in [4.69, 9.17) is 11.8 Å². The van der Waals surface area contributed by atoms with E-state index in [9.17, 15) is 0 Å². The third kappa shape index (κ3) is 2.30. The molecule has 1 atom stereocenters. The van der Waals surface area contributed by atoms with E-state index in [1.165, 1.54) is 0 Å². The van der Waals surface area contributed by atoms with Crippen LogP contribution in [0.3, 0.4) is 0 Å². The Morgan fingerprint density at radius 1 is 1.33 bits per heavy atom. The molecule has 0 saturated carbocycles. The van der Waals surface area contributed by atoms with Crippen LogP contribution in [0.1, 0.15) is 18.7 Å². The molecule has 4 heteroatoms. The first-order valence-electron chi connectivity index (χ1n) is 4.63. The molecule has 78 valence electrons. The van der Waals surface area contributed by atoms with Crippen molar-refractivity contribution >= 4 is 38.6 Å². The minimum atomic E-state index is 0.0510. The molecule has 0 bridgehead atoms. The van der Waals surface area contributed by atoms with Gasteiger partial charge in [-0.05, 0) is 36.9 Å². The topological polar surface area (TPSA) is 24.9 Å². The van der Waals surface area contributed by atoms with Crippen LogP contribution < -0.4 is 4.84 Å². The summed E-state index contributed by atoms with van der Waals surface area (Å²) >= 11 is 9.00. The van der Waals surface area contributed by atoms with Crippen molar-refractivity contribution in [3.63, 3.8) is 0 Å². The van der Waals surface area contributed by atoms with Crippen molar-refractivity contribution in [3.8, 4) is 0 Å². The second-order valence-electron chi connectivity index (χ2n) is 3.40. The van der Waals surface area contributed by atoms with Crippen LogP contribution in [0.15, 0.2) is 34.8 Å². The Labute approximate surface area is 102 Å². The summed E-state index contributed by atoms with van der Waals surface area (Å²) in [5.41, 5.74) is 1.91. The molecule has 1 N–H and O–H groups in total. The van der Waals surface area contributed by atoms with Crippen LogP contribution in [0.25, 0.3) is 10.9 Å². The summed E-state index contributed by atoms with van der Waals surface area (Å²) < 4.78 is 1.03. The number of aromatic nitrogens is 1. The fourth-order valence-corrected chi connectivity index (χ4v) is 1.86. The van der Waals surface area contributed by atoms with Crippen molar-refractivity contribution in [2.75, 3.05) is 0 Å². The van der Waals surface area contributed by atoms with Crippen LogP contribution in [0.2, 0.25) is 0 Å². The Morgan fingerprint density at radius 3 is 2.80 bits per heavy atom. The molecule has 2 aromatic rings. The summed E-state index contributed by atoms with van der Waals surface area (Å²) in [5.74, 6) is 0. The number of fused-ring (bicyclic) bond motifs is 1. The Bertz CT molecular complexity index is 487. The molecule has 0 spiro atoms. The van der Waals surface area contributed by atoms with E-state index in [0.717, 1.165) is 21.1 Å². The predicted molar refractivity (Wildman–Crippen MR) is 66.8 cm³/mol. The number of rotatable bonds is 2. The van der Waals surface area contributed by atoms with E-state index in [1.807, 2.05) is 31.2 Å². The van der Waals surface area contributed by atoms with Gasteiger partial charge in [-0.2, -0.15) is 0 Å². The molecule has 0 aliphatic heterocycles. The summed E-state index contributed by atoms with van der Waals surface area (Å²) in [6, 6.07) is 10.1. The van der Waals surface area contributed by atoms with Gasteiger partial charge in [0.1, 0.15) is 0 Å². The standard InChI is InChI=1S/C11H10BrClN2/c1-7(15-13)10-5-3-8-2-4-9(12)6-11(8)14-10/h2-7,15H,1H3/t7-/m1/s1. The second-order valence-corrected chi connectivity index (χ2v) is 4.54. The van der Waals surface area contributed by atoms with E-state index in [-0.39, 0.29) is 6.04 Å². The van der Waals surface area contributed by atoms with Gasteiger partial charge in [0.05, 0.1) is 17.3 Å². The van der Waals surface area contributed by atoms with Crippen molar-refractivity contribution in [1.82, 2.24) is 9.82 Å². The number of pyridine rings is 1. The minimum absolute atomic E-state index is 0.0510. The first kappa shape index (κ1) is 10.9. The van der Waals surface area contributed by atoms with Gasteiger partial charge in [0.25, 0.3) is 0 Å². The van der Waals surface area contributed by atoms with Gasteiger partial charge in [0.2, 0.25) is 0 Å². The summed E-state index contributed by atoms with van der Waals surface area (Å²) in [6.45, 7) is 1.97. The van der Waals surface area contributed by atoms with Crippen LogP contribution in [-0.2, 0) is 0 Å². The van der Waals surface area contributed by atoms with Crippen LogP contribution in [0.4, 0.5) is 0 Å². The van der Waals surface area contributed by atoms with Gasteiger partial charge in [-0.3, -0.25) is 4.98 Å². The summed E-state index contributed by atoms with van der Waals surface area (Å²) in [7, 11) is 0. The molecule has 2 rings (SSSR count). The zero-order valence-electron chi connectivity index (χ0n) is 8.17. The second kappa shape index (κ2) is 4.47. The Kier molecular flexibility index (Phi) is 3.24. The quantitative estimate of drug-likeness (QED) is 0.849. The Balaban J connectivity index is 2.54. The summed E-state index contributed by atoms with van der Waals surface area (Å²) in [4.78, 5) is 7.19. The summed E-state index contributed by atoms with van der Waals surface area (Å²) in [6.07, 6.45) is 0. The first-order chi connectivity index (χ1) is 7.20. The number of hydrogen-bond acceptors (Lipinski definition) is 2. The highest BCUT2D eigenvalue weighted by atomic mass is 79.9. The fourth-order valence-electron chi connectivity index (χ4n) is 1.40. The van der Waals surface area contributed by atoms with Crippen LogP contribution in [-0.4, -0.2) is 4.98 Å². The number of nitrogens with one attached hydrogen (secondary N) is 1. The SMILES string of the molecule is C[C@@H](NCl)c1ccc2ccc(Br)cc2n1. The highest BCUT2D eigenvalue weighted by Gasteiger charge is 2.05. The zero-order chi connectivity index (χ0) is 10.8. The first-order valence-corrected chi connectivity index (χ1v) is 5.80. The molecule has 0 aliphatic rings. The van der Waals surface area contributed by atoms with Crippen molar-refractivity contribution in [3.05, 3.63) is 40.5 Å². The van der Waals surface area contributed by atoms with Gasteiger partial charge >= 0.3 is 0 Å². The molecule has 0 amide bonds. The molecule has 15 heavy (non-hydrogen) atoms. The third-order valence-electron chi connectivity index (χ3n) is 2.28. The fraction of sp³-hybridized carbons (Fsp3) is 0.182. The minimum Gasteiger partial charge on any atom is -0.251 e. The van der Waals surface area contributed by atoms with Crippen molar-refractivity contribution in [2.24, 2.45) is 0 Å². The van der Waals surface area contributed by atoms with Gasteiger partial charge in [-0.25, -0.2) is 4.84 Å². The molecule has 0 saturated heterocycles. The van der Waals surface area contributed by atoms with E-state index in [1.54, 1.807) is 0 Å². The zero-order valence-corrected chi connectivity index (χ0v) is 10.5. The van der Waals surface area contributed by atoms with Gasteiger partial charge in [-0.1, -0.05) is 28.1 Å². The predicted octanol–water partition coefficient (Wildman–Crippen LogP) is 3.80. The molecular formula is C11H10BrClN2. The molecule has 0 radical (unpaired) electrons. The number of benzene rings is 1. The van der Waals surface area contributed by atoms with Gasteiger partial charge < -0.3 is 0 Å². The number of hydrogen-bond donors (Lipinski definition) is 1. The monoisotopic (exact) mass is 284 g/mol. The molecule has 0 unspecified atom stereocenters. The van der Waals surface area contributed by atoms with E-state index in [0.29, 0.717) is 0 Å². The van der Waals surface area contributed by atoms with Gasteiger partial charge in [0, 0.05) is 9.86 Å². The average Bonchev–Trinajstić information content (AvgIpc) is 2.27. The van der Waals surface area contributed by atoms with Crippen LogP contribution in [0.5, 0.6) is 0 Å². The van der Waals surface area contributed by atoms with Crippen molar-refractivity contribution in [1.29, 1.82) is 0 Å². The number of nitrogens with zero attached hydrogens (tertiary/aromatic N) is 1. The maximum Gasteiger partial charge on any atom is 0.0717 e. The molecule has 1 aromatic heterocycles. The molecule has 0 fully saturated rings. The summed E-state index contributed by atoms with van der Waals surface area (Å²) in [5, 5.41) is 1.13. The number of halogens is 2. The van der Waals surface area contributed by atoms with E-state index in [2.05, 4.69) is 31.8 Å². The van der Waals surface area contributed by atoms with E-state index < -0.39 is 0 Å². The largest absolute Gasteiger partial charge is 0.251 e. The third-order valence-corrected chi connectivity index (χ3v) is 3.10. The molecular weight excluding hydrogens is 275 g/mol. The van der Waals surface area contributed by atoms with Crippen LogP contribution >= 0.6 is 27.7 Å². The lowest BCUT2D eigenvalue weighted by Gasteiger charge is -2.08. The normalized spacial score (nSPS) is 13.0. The average molecular weight is 286 g/mol. The van der Waals surface area contributed by atoms with Gasteiger partial charge in [0.15, 0.2) is 0 Å². The highest BCUT2D eigenvalue weighted by Crippen LogP contribution is 2.20. The highest BCUT2D eigenvalue weighted by molar-refractivity contribution is 9.10. The lowest BCUT2D eigenvalue weighted by Crippen LogP contribution is -2.08. The lowest BCUT2D eigenvalue weighted by molar-refractivity contribution is 0.721. The molecule has 1 aromatic carbocycles. The van der Waals surface area contributed by atoms with Crippen molar-refractivity contribution in [2.45, 2.75) is 13.0 Å². The smallest absolute Gasteiger partial charge is 0.0717 e. The lowest BCUT2D eigenvalue weighted by atomic mass is 10.1. The Hall–Kier alpha value is -0.640. The Morgan fingerprint density at radius 2 is 2.07 bits per heavy atom. The van der Waals surface area contributed by atoms with Gasteiger partial charge in [-0.15, -0.1) is 0 Å². The molecule has 1 heterocycles. The van der Waals surface area contributed by atoms with E-state index >= 15 is 0 Å².